The Bertz CT molecular complexity index is 625. The number of ether oxygens (including phenoxy) is 3. The number of imidazole rings is 1. The van der Waals surface area contributed by atoms with Crippen LogP contribution in [-0.4, -0.2) is 29.5 Å². The summed E-state index contributed by atoms with van der Waals surface area (Å²) >= 11 is 0. The van der Waals surface area contributed by atoms with E-state index >= 15 is 0 Å². The lowest BCUT2D eigenvalue weighted by atomic mass is 10.1. The van der Waals surface area contributed by atoms with E-state index in [1.54, 1.807) is 6.20 Å². The van der Waals surface area contributed by atoms with Gasteiger partial charge in [0.15, 0.2) is 11.5 Å². The maximum absolute atomic E-state index is 5.90. The Morgan fingerprint density at radius 2 is 2.14 bits per heavy atom. The molecule has 3 rings (SSSR count). The number of nitrogens with two attached hydrogens (primary N) is 1. The van der Waals surface area contributed by atoms with Crippen LogP contribution in [0.15, 0.2) is 24.5 Å². The van der Waals surface area contributed by atoms with Gasteiger partial charge in [-0.1, -0.05) is 0 Å². The highest BCUT2D eigenvalue weighted by Crippen LogP contribution is 2.38. The molecule has 1 aliphatic heterocycles. The summed E-state index contributed by atoms with van der Waals surface area (Å²) in [6, 6.07) is 3.83. The van der Waals surface area contributed by atoms with Gasteiger partial charge < -0.3 is 24.5 Å². The minimum absolute atomic E-state index is 0.259. The zero-order valence-electron chi connectivity index (χ0n) is 12.0. The van der Waals surface area contributed by atoms with Crippen LogP contribution in [-0.2, 0) is 13.0 Å². The molecule has 0 spiro atoms. The maximum Gasteiger partial charge on any atom is 0.231 e. The van der Waals surface area contributed by atoms with Gasteiger partial charge in [0.05, 0.1) is 6.54 Å². The van der Waals surface area contributed by atoms with E-state index in [-0.39, 0.29) is 6.79 Å². The van der Waals surface area contributed by atoms with E-state index in [0.717, 1.165) is 41.6 Å². The molecule has 0 saturated heterocycles. The van der Waals surface area contributed by atoms with Gasteiger partial charge in [-0.25, -0.2) is 4.98 Å². The van der Waals surface area contributed by atoms with Crippen LogP contribution in [0.5, 0.6) is 17.2 Å². The Morgan fingerprint density at radius 3 is 2.86 bits per heavy atom. The number of rotatable bonds is 6. The largest absolute Gasteiger partial charge is 0.491 e. The zero-order valence-corrected chi connectivity index (χ0v) is 12.0. The lowest BCUT2D eigenvalue weighted by molar-refractivity contribution is 0.173. The molecule has 2 heterocycles. The first kappa shape index (κ1) is 13.8. The smallest absolute Gasteiger partial charge is 0.231 e. The second-order valence-electron chi connectivity index (χ2n) is 4.87. The molecule has 0 bridgehead atoms. The Kier molecular flexibility index (Phi) is 3.96. The van der Waals surface area contributed by atoms with Gasteiger partial charge in [0.25, 0.3) is 0 Å². The summed E-state index contributed by atoms with van der Waals surface area (Å²) in [4.78, 5) is 4.19. The van der Waals surface area contributed by atoms with E-state index in [2.05, 4.69) is 9.55 Å². The maximum atomic E-state index is 5.90. The van der Waals surface area contributed by atoms with Crippen LogP contribution >= 0.6 is 0 Å². The highest BCUT2D eigenvalue weighted by Gasteiger charge is 2.17. The predicted octanol–water partition coefficient (Wildman–Crippen LogP) is 1.50. The number of aromatic nitrogens is 2. The quantitative estimate of drug-likeness (QED) is 0.872. The molecule has 0 radical (unpaired) electrons. The summed E-state index contributed by atoms with van der Waals surface area (Å²) in [5.41, 5.74) is 6.71. The van der Waals surface area contributed by atoms with Crippen LogP contribution in [0.1, 0.15) is 11.4 Å². The molecule has 0 unspecified atom stereocenters. The first-order chi connectivity index (χ1) is 10.3. The molecule has 1 aromatic carbocycles. The van der Waals surface area contributed by atoms with Crippen molar-refractivity contribution >= 4 is 0 Å². The van der Waals surface area contributed by atoms with Gasteiger partial charge in [-0.15, -0.1) is 0 Å². The van der Waals surface area contributed by atoms with Crippen molar-refractivity contribution in [3.8, 4) is 17.2 Å². The molecular formula is C15H19N3O3. The lowest BCUT2D eigenvalue weighted by Gasteiger charge is -2.13. The topological polar surface area (TPSA) is 71.5 Å². The van der Waals surface area contributed by atoms with Crippen molar-refractivity contribution in [3.63, 3.8) is 0 Å². The van der Waals surface area contributed by atoms with Gasteiger partial charge in [-0.3, -0.25) is 0 Å². The van der Waals surface area contributed by atoms with Crippen molar-refractivity contribution in [2.24, 2.45) is 5.73 Å². The first-order valence-electron chi connectivity index (χ1n) is 7.01. The highest BCUT2D eigenvalue weighted by molar-refractivity contribution is 5.52. The number of fused-ring (bicyclic) bond motifs is 1. The van der Waals surface area contributed by atoms with Gasteiger partial charge in [0.1, 0.15) is 18.2 Å². The van der Waals surface area contributed by atoms with Gasteiger partial charge in [0.2, 0.25) is 6.79 Å². The normalized spacial score (nSPS) is 12.7. The van der Waals surface area contributed by atoms with Crippen molar-refractivity contribution in [1.29, 1.82) is 0 Å². The number of benzene rings is 1. The van der Waals surface area contributed by atoms with E-state index in [0.29, 0.717) is 13.2 Å². The van der Waals surface area contributed by atoms with E-state index in [1.807, 2.05) is 25.3 Å². The van der Waals surface area contributed by atoms with Crippen molar-refractivity contribution in [1.82, 2.24) is 9.55 Å². The second-order valence-corrected chi connectivity index (χ2v) is 4.87. The number of hydrogen-bond donors (Lipinski definition) is 1. The van der Waals surface area contributed by atoms with Crippen LogP contribution in [0.2, 0.25) is 0 Å². The van der Waals surface area contributed by atoms with Gasteiger partial charge in [-0.05, 0) is 31.5 Å². The third kappa shape index (κ3) is 2.95. The third-order valence-corrected chi connectivity index (χ3v) is 3.48. The predicted molar refractivity (Wildman–Crippen MR) is 77.8 cm³/mol. The van der Waals surface area contributed by atoms with Crippen molar-refractivity contribution in [2.45, 2.75) is 19.9 Å². The standard InChI is InChI=1S/C15H19N3O3/c1-11-17-4-5-18(11)6-7-19-13-9-15-14(20-10-21-15)8-12(13)2-3-16/h4-5,8-9H,2-3,6-7,10,16H2,1H3. The van der Waals surface area contributed by atoms with Gasteiger partial charge in [0, 0.05) is 18.5 Å². The van der Waals surface area contributed by atoms with Crippen LogP contribution in [0.3, 0.4) is 0 Å². The fourth-order valence-corrected chi connectivity index (χ4v) is 2.34. The summed E-state index contributed by atoms with van der Waals surface area (Å²) in [6.45, 7) is 4.11. The molecule has 2 aromatic rings. The SMILES string of the molecule is Cc1nccn1CCOc1cc2c(cc1CCN)OCO2. The summed E-state index contributed by atoms with van der Waals surface area (Å²) in [5, 5.41) is 0. The minimum Gasteiger partial charge on any atom is -0.491 e. The first-order valence-corrected chi connectivity index (χ1v) is 7.01. The molecule has 6 heteroatoms. The van der Waals surface area contributed by atoms with Crippen molar-refractivity contribution in [2.75, 3.05) is 19.9 Å². The molecule has 112 valence electrons. The Balaban J connectivity index is 1.70. The van der Waals surface area contributed by atoms with Gasteiger partial charge in [-0.2, -0.15) is 0 Å². The lowest BCUT2D eigenvalue weighted by Crippen LogP contribution is -2.11. The molecule has 6 nitrogen and oxygen atoms in total. The zero-order chi connectivity index (χ0) is 14.7. The average Bonchev–Trinajstić information content (AvgIpc) is 3.08. The molecule has 0 saturated carbocycles. The monoisotopic (exact) mass is 289 g/mol. The second kappa shape index (κ2) is 6.05. The van der Waals surface area contributed by atoms with Crippen LogP contribution in [0.25, 0.3) is 0 Å². The third-order valence-electron chi connectivity index (χ3n) is 3.48. The molecule has 0 fully saturated rings. The number of nitrogens with zero attached hydrogens (tertiary/aromatic N) is 2. The van der Waals surface area contributed by atoms with E-state index in [4.69, 9.17) is 19.9 Å². The molecule has 0 atom stereocenters. The van der Waals surface area contributed by atoms with E-state index in [9.17, 15) is 0 Å². The van der Waals surface area contributed by atoms with Crippen LogP contribution in [0, 0.1) is 6.92 Å². The fraction of sp³-hybridized carbons (Fsp3) is 0.400. The fourth-order valence-electron chi connectivity index (χ4n) is 2.34. The molecular weight excluding hydrogens is 270 g/mol. The summed E-state index contributed by atoms with van der Waals surface area (Å²) in [5.74, 6) is 3.27. The van der Waals surface area contributed by atoms with Gasteiger partial charge >= 0.3 is 0 Å². The summed E-state index contributed by atoms with van der Waals surface area (Å²) in [7, 11) is 0. The Morgan fingerprint density at radius 1 is 1.33 bits per heavy atom. The van der Waals surface area contributed by atoms with Crippen LogP contribution < -0.4 is 19.9 Å². The highest BCUT2D eigenvalue weighted by atomic mass is 16.7. The Labute approximate surface area is 123 Å². The number of hydrogen-bond acceptors (Lipinski definition) is 5. The molecule has 1 aliphatic rings. The number of aryl methyl sites for hydroxylation is 1. The van der Waals surface area contributed by atoms with E-state index in [1.165, 1.54) is 0 Å². The van der Waals surface area contributed by atoms with Crippen molar-refractivity contribution in [3.05, 3.63) is 35.9 Å². The molecule has 21 heavy (non-hydrogen) atoms. The van der Waals surface area contributed by atoms with Crippen molar-refractivity contribution < 1.29 is 14.2 Å². The summed E-state index contributed by atoms with van der Waals surface area (Å²) < 4.78 is 18.7. The Hall–Kier alpha value is -2.21. The van der Waals surface area contributed by atoms with Crippen LogP contribution in [0.4, 0.5) is 0 Å². The molecule has 0 aliphatic carbocycles. The molecule has 1 aromatic heterocycles. The van der Waals surface area contributed by atoms with E-state index < -0.39 is 0 Å². The minimum atomic E-state index is 0.259. The summed E-state index contributed by atoms with van der Waals surface area (Å²) in [6.07, 6.45) is 4.48. The molecule has 0 amide bonds. The molecule has 2 N–H and O–H groups in total. The average molecular weight is 289 g/mol.